The van der Waals surface area contributed by atoms with Crippen molar-refractivity contribution in [1.29, 1.82) is 0 Å². The Kier molecular flexibility index (Phi) is 5.14. The van der Waals surface area contributed by atoms with Crippen molar-refractivity contribution in [1.82, 2.24) is 14.7 Å². The number of ether oxygens (including phenoxy) is 1. The van der Waals surface area contributed by atoms with E-state index in [0.29, 0.717) is 18.0 Å². The van der Waals surface area contributed by atoms with E-state index in [9.17, 15) is 4.79 Å². The van der Waals surface area contributed by atoms with E-state index in [2.05, 4.69) is 16.9 Å². The zero-order valence-electron chi connectivity index (χ0n) is 12.9. The maximum absolute atomic E-state index is 12.7. The van der Waals surface area contributed by atoms with Gasteiger partial charge in [-0.05, 0) is 32.6 Å². The Morgan fingerprint density at radius 2 is 2.19 bits per heavy atom. The molecule has 0 saturated carbocycles. The molecule has 5 nitrogen and oxygen atoms in total. The van der Waals surface area contributed by atoms with Crippen molar-refractivity contribution in [3.63, 3.8) is 0 Å². The van der Waals surface area contributed by atoms with Crippen molar-refractivity contribution < 1.29 is 9.53 Å². The molecule has 0 saturated heterocycles. The summed E-state index contributed by atoms with van der Waals surface area (Å²) >= 11 is 1.53. The number of hydrogen-bond acceptors (Lipinski definition) is 5. The smallest absolute Gasteiger partial charge is 0.224 e. The highest BCUT2D eigenvalue weighted by Crippen LogP contribution is 2.25. The van der Waals surface area contributed by atoms with E-state index in [1.165, 1.54) is 16.2 Å². The minimum Gasteiger partial charge on any atom is -0.493 e. The molecule has 0 radical (unpaired) electrons. The molecule has 0 N–H and O–H groups in total. The Morgan fingerprint density at radius 3 is 2.76 bits per heavy atom. The lowest BCUT2D eigenvalue weighted by Crippen LogP contribution is -2.21. The van der Waals surface area contributed by atoms with Gasteiger partial charge in [-0.25, -0.2) is 0 Å². The standard InChI is InChI=1S/C15H21N3O2S/c1-5-11-6-7-13(21-11)15(19)14-12(20-4)10-16-18(14)9-8-17(2)3/h6-7,10H,5,8-9H2,1-4H3. The molecule has 114 valence electrons. The van der Waals surface area contributed by atoms with Crippen LogP contribution in [-0.2, 0) is 13.0 Å². The Labute approximate surface area is 129 Å². The van der Waals surface area contributed by atoms with Crippen LogP contribution in [0.3, 0.4) is 0 Å². The molecule has 0 atom stereocenters. The van der Waals surface area contributed by atoms with Gasteiger partial charge in [-0.3, -0.25) is 9.48 Å². The first-order valence-electron chi connectivity index (χ1n) is 6.94. The quantitative estimate of drug-likeness (QED) is 0.737. The molecule has 0 fully saturated rings. The molecule has 0 bridgehead atoms. The summed E-state index contributed by atoms with van der Waals surface area (Å²) in [6.07, 6.45) is 2.55. The van der Waals surface area contributed by atoms with Crippen molar-refractivity contribution >= 4 is 17.1 Å². The lowest BCUT2D eigenvalue weighted by Gasteiger charge is -2.11. The molecule has 0 aromatic carbocycles. The van der Waals surface area contributed by atoms with Crippen molar-refractivity contribution in [3.8, 4) is 5.75 Å². The van der Waals surface area contributed by atoms with Crippen LogP contribution in [0.15, 0.2) is 18.3 Å². The van der Waals surface area contributed by atoms with Crippen LogP contribution in [0.5, 0.6) is 5.75 Å². The van der Waals surface area contributed by atoms with E-state index in [1.54, 1.807) is 18.0 Å². The fourth-order valence-corrected chi connectivity index (χ4v) is 2.91. The van der Waals surface area contributed by atoms with Crippen LogP contribution < -0.4 is 4.74 Å². The Morgan fingerprint density at radius 1 is 1.43 bits per heavy atom. The predicted octanol–water partition coefficient (Wildman–Crippen LogP) is 2.31. The van der Waals surface area contributed by atoms with Crippen molar-refractivity contribution in [3.05, 3.63) is 33.8 Å². The summed E-state index contributed by atoms with van der Waals surface area (Å²) in [7, 11) is 5.56. The number of aromatic nitrogens is 2. The first-order valence-corrected chi connectivity index (χ1v) is 7.76. The summed E-state index contributed by atoms with van der Waals surface area (Å²) in [6.45, 7) is 3.56. The average molecular weight is 307 g/mol. The van der Waals surface area contributed by atoms with Gasteiger partial charge in [-0.1, -0.05) is 6.92 Å². The van der Waals surface area contributed by atoms with Crippen molar-refractivity contribution in [2.45, 2.75) is 19.9 Å². The first-order chi connectivity index (χ1) is 10.1. The summed E-state index contributed by atoms with van der Waals surface area (Å²) in [5.74, 6) is 0.512. The molecule has 21 heavy (non-hydrogen) atoms. The summed E-state index contributed by atoms with van der Waals surface area (Å²) in [5, 5.41) is 4.28. The molecule has 0 aliphatic heterocycles. The molecule has 0 aliphatic rings. The largest absolute Gasteiger partial charge is 0.493 e. The van der Waals surface area contributed by atoms with Gasteiger partial charge in [0, 0.05) is 11.4 Å². The second-order valence-electron chi connectivity index (χ2n) is 5.04. The number of carbonyl (C=O) groups is 1. The van der Waals surface area contributed by atoms with Crippen molar-refractivity contribution in [2.24, 2.45) is 0 Å². The highest BCUT2D eigenvalue weighted by molar-refractivity contribution is 7.14. The van der Waals surface area contributed by atoms with E-state index in [0.717, 1.165) is 17.8 Å². The van der Waals surface area contributed by atoms with Crippen LogP contribution in [0.25, 0.3) is 0 Å². The van der Waals surface area contributed by atoms with Gasteiger partial charge < -0.3 is 9.64 Å². The predicted molar refractivity (Wildman–Crippen MR) is 84.5 cm³/mol. The summed E-state index contributed by atoms with van der Waals surface area (Å²) in [5.41, 5.74) is 0.531. The normalized spacial score (nSPS) is 11.1. The molecule has 0 spiro atoms. The van der Waals surface area contributed by atoms with Crippen molar-refractivity contribution in [2.75, 3.05) is 27.7 Å². The molecule has 2 rings (SSSR count). The number of nitrogens with zero attached hydrogens (tertiary/aromatic N) is 3. The number of aryl methyl sites for hydroxylation is 1. The number of ketones is 1. The van der Waals surface area contributed by atoms with E-state index in [-0.39, 0.29) is 5.78 Å². The van der Waals surface area contributed by atoms with Gasteiger partial charge in [0.05, 0.1) is 24.7 Å². The van der Waals surface area contributed by atoms with E-state index in [1.807, 2.05) is 26.2 Å². The average Bonchev–Trinajstić information content (AvgIpc) is 3.10. The number of likely N-dealkylation sites (N-methyl/N-ethyl adjacent to an activating group) is 1. The van der Waals surface area contributed by atoms with Gasteiger partial charge in [0.1, 0.15) is 0 Å². The highest BCUT2D eigenvalue weighted by atomic mass is 32.1. The number of hydrogen-bond donors (Lipinski definition) is 0. The second kappa shape index (κ2) is 6.87. The van der Waals surface area contributed by atoms with Crippen LogP contribution >= 0.6 is 11.3 Å². The lowest BCUT2D eigenvalue weighted by molar-refractivity contribution is 0.102. The monoisotopic (exact) mass is 307 g/mol. The van der Waals surface area contributed by atoms with Gasteiger partial charge in [0.15, 0.2) is 11.4 Å². The minimum atomic E-state index is -0.0205. The summed E-state index contributed by atoms with van der Waals surface area (Å²) in [6, 6.07) is 3.89. The van der Waals surface area contributed by atoms with E-state index >= 15 is 0 Å². The van der Waals surface area contributed by atoms with Crippen LogP contribution in [0.2, 0.25) is 0 Å². The van der Waals surface area contributed by atoms with E-state index in [4.69, 9.17) is 4.74 Å². The summed E-state index contributed by atoms with van der Waals surface area (Å²) < 4.78 is 7.02. The first kappa shape index (κ1) is 15.7. The highest BCUT2D eigenvalue weighted by Gasteiger charge is 2.22. The summed E-state index contributed by atoms with van der Waals surface area (Å²) in [4.78, 5) is 16.7. The zero-order valence-corrected chi connectivity index (χ0v) is 13.7. The van der Waals surface area contributed by atoms with Crippen LogP contribution in [0, 0.1) is 0 Å². The third kappa shape index (κ3) is 3.51. The number of carbonyl (C=O) groups excluding carboxylic acids is 1. The Hall–Kier alpha value is -1.66. The Bertz CT molecular complexity index is 616. The number of methoxy groups -OCH3 is 1. The molecular weight excluding hydrogens is 286 g/mol. The molecule has 2 aromatic rings. The fraction of sp³-hybridized carbons (Fsp3) is 0.467. The second-order valence-corrected chi connectivity index (χ2v) is 6.20. The number of thiophene rings is 1. The molecule has 0 aliphatic carbocycles. The van der Waals surface area contributed by atoms with E-state index < -0.39 is 0 Å². The van der Waals surface area contributed by atoms with Crippen LogP contribution in [-0.4, -0.2) is 48.2 Å². The molecule has 2 aromatic heterocycles. The molecule has 0 unspecified atom stereocenters. The molecule has 0 amide bonds. The third-order valence-corrected chi connectivity index (χ3v) is 4.46. The van der Waals surface area contributed by atoms with Gasteiger partial charge in [-0.2, -0.15) is 5.10 Å². The fourth-order valence-electron chi connectivity index (χ4n) is 2.02. The van der Waals surface area contributed by atoms with Gasteiger partial charge >= 0.3 is 0 Å². The third-order valence-electron chi connectivity index (χ3n) is 3.23. The maximum atomic E-state index is 12.7. The van der Waals surface area contributed by atoms with Crippen LogP contribution in [0.1, 0.15) is 27.2 Å². The molecular formula is C15H21N3O2S. The maximum Gasteiger partial charge on any atom is 0.224 e. The van der Waals surface area contributed by atoms with Crippen LogP contribution in [0.4, 0.5) is 0 Å². The molecule has 2 heterocycles. The number of rotatable bonds is 7. The Balaban J connectivity index is 2.31. The topological polar surface area (TPSA) is 47.4 Å². The van der Waals surface area contributed by atoms with Gasteiger partial charge in [-0.15, -0.1) is 11.3 Å². The zero-order chi connectivity index (χ0) is 15.4. The lowest BCUT2D eigenvalue weighted by atomic mass is 10.2. The minimum absolute atomic E-state index is 0.0205. The van der Waals surface area contributed by atoms with Gasteiger partial charge in [0.25, 0.3) is 0 Å². The van der Waals surface area contributed by atoms with Gasteiger partial charge in [0.2, 0.25) is 5.78 Å². The molecule has 6 heteroatoms. The SMILES string of the molecule is CCc1ccc(C(=O)c2c(OC)cnn2CCN(C)C)s1.